The van der Waals surface area contributed by atoms with Crippen molar-refractivity contribution >= 4 is 5.91 Å². The minimum absolute atomic E-state index is 0.00425. The van der Waals surface area contributed by atoms with Gasteiger partial charge in [0.15, 0.2) is 0 Å². The number of carbonyl (C=O) groups is 1. The molecule has 0 saturated heterocycles. The highest BCUT2D eigenvalue weighted by Gasteiger charge is 2.20. The van der Waals surface area contributed by atoms with E-state index in [0.717, 1.165) is 51.4 Å². The first-order chi connectivity index (χ1) is 24.0. The van der Waals surface area contributed by atoms with Crippen molar-refractivity contribution in [2.24, 2.45) is 0 Å². The van der Waals surface area contributed by atoms with E-state index in [0.29, 0.717) is 6.42 Å². The van der Waals surface area contributed by atoms with E-state index in [-0.39, 0.29) is 18.9 Å². The zero-order valence-corrected chi connectivity index (χ0v) is 32.3. The van der Waals surface area contributed by atoms with Gasteiger partial charge in [0.25, 0.3) is 0 Å². The Balaban J connectivity index is 3.77. The zero-order chi connectivity index (χ0) is 35.9. The molecular weight excluding hydrogens is 606 g/mol. The van der Waals surface area contributed by atoms with Crippen LogP contribution in [0, 0.1) is 0 Å². The highest BCUT2D eigenvalue weighted by atomic mass is 16.3. The number of unbranched alkanes of at least 4 members (excludes halogenated alkanes) is 22. The lowest BCUT2D eigenvalue weighted by atomic mass is 10.0. The molecule has 0 aromatic rings. The maximum Gasteiger partial charge on any atom is 0.222 e. The fraction of sp³-hybridized carbons (Fsp3) is 0.795. The van der Waals surface area contributed by atoms with Gasteiger partial charge in [-0.3, -0.25) is 4.79 Å². The normalized spacial score (nSPS) is 14.1. The molecule has 0 rings (SSSR count). The van der Waals surface area contributed by atoms with Gasteiger partial charge in [-0.15, -0.1) is 0 Å². The van der Waals surface area contributed by atoms with Crippen LogP contribution in [-0.4, -0.2) is 46.1 Å². The van der Waals surface area contributed by atoms with E-state index >= 15 is 0 Å². The topological polar surface area (TPSA) is 89.8 Å². The van der Waals surface area contributed by atoms with E-state index in [1.54, 1.807) is 6.08 Å². The molecule has 0 aromatic carbocycles. The van der Waals surface area contributed by atoms with Crippen molar-refractivity contribution in [1.82, 2.24) is 5.32 Å². The monoisotopic (exact) mass is 688 g/mol. The van der Waals surface area contributed by atoms with Gasteiger partial charge in [-0.1, -0.05) is 172 Å². The summed E-state index contributed by atoms with van der Waals surface area (Å²) in [5.41, 5.74) is 0. The number of rotatable bonds is 37. The maximum atomic E-state index is 12.4. The molecule has 1 amide bonds. The number of nitrogens with one attached hydrogen (secondary N) is 1. The Morgan fingerprint density at radius 3 is 1.31 bits per heavy atom. The third-order valence-corrected chi connectivity index (χ3v) is 9.32. The summed E-state index contributed by atoms with van der Waals surface area (Å²) in [4.78, 5) is 12.4. The summed E-state index contributed by atoms with van der Waals surface area (Å²) in [5, 5.41) is 33.1. The molecule has 3 unspecified atom stereocenters. The molecule has 0 aromatic heterocycles. The molecular formula is C44H81NO4. The highest BCUT2D eigenvalue weighted by molar-refractivity contribution is 5.76. The molecule has 5 nitrogen and oxygen atoms in total. The molecule has 4 N–H and O–H groups in total. The predicted molar refractivity (Wildman–Crippen MR) is 213 cm³/mol. The van der Waals surface area contributed by atoms with Crippen molar-refractivity contribution in [3.63, 3.8) is 0 Å². The minimum atomic E-state index is -0.961. The number of aliphatic hydroxyl groups is 3. The van der Waals surface area contributed by atoms with Gasteiger partial charge in [0.05, 0.1) is 31.3 Å². The summed E-state index contributed by atoms with van der Waals surface area (Å²) in [6, 6.07) is -0.770. The third kappa shape index (κ3) is 35.9. The fourth-order valence-electron chi connectivity index (χ4n) is 6.07. The minimum Gasteiger partial charge on any atom is -0.394 e. The summed E-state index contributed by atoms with van der Waals surface area (Å²) in [6.07, 6.45) is 49.6. The van der Waals surface area contributed by atoms with Gasteiger partial charge >= 0.3 is 0 Å². The van der Waals surface area contributed by atoms with Gasteiger partial charge in [-0.25, -0.2) is 0 Å². The molecule has 5 heteroatoms. The average Bonchev–Trinajstić information content (AvgIpc) is 3.09. The fourth-order valence-corrected chi connectivity index (χ4v) is 6.07. The van der Waals surface area contributed by atoms with Crippen molar-refractivity contribution in [3.8, 4) is 0 Å². The molecule has 0 heterocycles. The van der Waals surface area contributed by atoms with E-state index in [1.807, 2.05) is 6.08 Å². The van der Waals surface area contributed by atoms with Gasteiger partial charge in [0.1, 0.15) is 0 Å². The zero-order valence-electron chi connectivity index (χ0n) is 32.3. The number of hydrogen-bond donors (Lipinski definition) is 4. The van der Waals surface area contributed by atoms with Crippen molar-refractivity contribution in [3.05, 3.63) is 48.6 Å². The molecule has 0 fully saturated rings. The van der Waals surface area contributed by atoms with Crippen LogP contribution in [0.4, 0.5) is 0 Å². The second-order valence-corrected chi connectivity index (χ2v) is 14.2. The van der Waals surface area contributed by atoms with Crippen LogP contribution in [0.15, 0.2) is 48.6 Å². The van der Waals surface area contributed by atoms with Gasteiger partial charge in [-0.05, 0) is 70.6 Å². The van der Waals surface area contributed by atoms with Crippen molar-refractivity contribution in [2.75, 3.05) is 6.61 Å². The lowest BCUT2D eigenvalue weighted by Gasteiger charge is -2.20. The number of amides is 1. The Hall–Kier alpha value is -1.69. The van der Waals surface area contributed by atoms with E-state index in [2.05, 4.69) is 55.6 Å². The Morgan fingerprint density at radius 2 is 0.878 bits per heavy atom. The summed E-state index contributed by atoms with van der Waals surface area (Å²) in [5.74, 6) is -0.336. The predicted octanol–water partition coefficient (Wildman–Crippen LogP) is 11.8. The molecule has 0 aliphatic heterocycles. The van der Waals surface area contributed by atoms with Crippen LogP contribution >= 0.6 is 0 Å². The second kappa shape index (κ2) is 39.1. The van der Waals surface area contributed by atoms with E-state index in [9.17, 15) is 20.1 Å². The van der Waals surface area contributed by atoms with Gasteiger partial charge in [0.2, 0.25) is 5.91 Å². The maximum absolute atomic E-state index is 12.4. The molecule has 0 spiro atoms. The first kappa shape index (κ1) is 47.3. The van der Waals surface area contributed by atoms with E-state index < -0.39 is 18.2 Å². The van der Waals surface area contributed by atoms with Crippen LogP contribution < -0.4 is 5.32 Å². The summed E-state index contributed by atoms with van der Waals surface area (Å²) in [6.45, 7) is 4.18. The SMILES string of the molecule is CCCCCCCC/C=C/CC/C=C/CC/C=C/C(O)C(CO)NC(=O)CC(O)CCCCCCC/C=C\CCCCCCCCCCC. The molecule has 3 atom stereocenters. The molecule has 49 heavy (non-hydrogen) atoms. The Labute approximate surface area is 304 Å². The average molecular weight is 688 g/mol. The van der Waals surface area contributed by atoms with Crippen molar-refractivity contribution in [1.29, 1.82) is 0 Å². The largest absolute Gasteiger partial charge is 0.394 e. The Morgan fingerprint density at radius 1 is 0.510 bits per heavy atom. The number of carbonyl (C=O) groups excluding carboxylic acids is 1. The van der Waals surface area contributed by atoms with Crippen LogP contribution in [0.3, 0.4) is 0 Å². The van der Waals surface area contributed by atoms with Crippen LogP contribution in [0.5, 0.6) is 0 Å². The molecule has 0 aliphatic rings. The quantitative estimate of drug-likeness (QED) is 0.0386. The molecule has 286 valence electrons. The molecule has 0 saturated carbocycles. The molecule has 0 radical (unpaired) electrons. The summed E-state index contributed by atoms with van der Waals surface area (Å²) < 4.78 is 0. The lowest BCUT2D eigenvalue weighted by Crippen LogP contribution is -2.45. The van der Waals surface area contributed by atoms with Crippen LogP contribution in [0.1, 0.15) is 200 Å². The van der Waals surface area contributed by atoms with Crippen LogP contribution in [-0.2, 0) is 4.79 Å². The first-order valence-electron chi connectivity index (χ1n) is 20.9. The first-order valence-corrected chi connectivity index (χ1v) is 20.9. The highest BCUT2D eigenvalue weighted by Crippen LogP contribution is 2.13. The van der Waals surface area contributed by atoms with Crippen LogP contribution in [0.25, 0.3) is 0 Å². The van der Waals surface area contributed by atoms with Crippen molar-refractivity contribution in [2.45, 2.75) is 218 Å². The standard InChI is InChI=1S/C44H81NO4/c1-3-5-7-9-11-13-15-17-19-21-22-23-25-27-29-31-33-35-37-41(47)39-44(49)45-42(40-46)43(48)38-36-34-32-30-28-26-24-20-18-16-14-12-10-8-6-4-2/h18,20,22-23,28,30,36,38,41-43,46-48H,3-17,19,21,24-27,29,31-35,37,39-40H2,1-2H3,(H,45,49)/b20-18+,23-22-,30-28+,38-36+. The number of hydrogen-bond acceptors (Lipinski definition) is 4. The number of aliphatic hydroxyl groups excluding tert-OH is 3. The Bertz CT molecular complexity index is 805. The van der Waals surface area contributed by atoms with Crippen molar-refractivity contribution < 1.29 is 20.1 Å². The summed E-state index contributed by atoms with van der Waals surface area (Å²) >= 11 is 0. The summed E-state index contributed by atoms with van der Waals surface area (Å²) in [7, 11) is 0. The number of allylic oxidation sites excluding steroid dienone is 7. The van der Waals surface area contributed by atoms with Gasteiger partial charge in [-0.2, -0.15) is 0 Å². The second-order valence-electron chi connectivity index (χ2n) is 14.2. The molecule has 0 aliphatic carbocycles. The van der Waals surface area contributed by atoms with Gasteiger partial charge in [0, 0.05) is 0 Å². The van der Waals surface area contributed by atoms with Crippen LogP contribution in [0.2, 0.25) is 0 Å². The van der Waals surface area contributed by atoms with E-state index in [4.69, 9.17) is 0 Å². The lowest BCUT2D eigenvalue weighted by molar-refractivity contribution is -0.124. The smallest absolute Gasteiger partial charge is 0.222 e. The third-order valence-electron chi connectivity index (χ3n) is 9.32. The molecule has 0 bridgehead atoms. The van der Waals surface area contributed by atoms with Gasteiger partial charge < -0.3 is 20.6 Å². The Kier molecular flexibility index (Phi) is 37.8. The van der Waals surface area contributed by atoms with E-state index in [1.165, 1.54) is 122 Å².